The molecular formula is C27H30FN5OS. The molecule has 0 aliphatic heterocycles. The number of hydrogen-bond acceptors (Lipinski definition) is 5. The van der Waals surface area contributed by atoms with Gasteiger partial charge in [-0.1, -0.05) is 49.9 Å². The number of amides is 1. The van der Waals surface area contributed by atoms with E-state index in [2.05, 4.69) is 33.6 Å². The Balaban J connectivity index is 1.45. The summed E-state index contributed by atoms with van der Waals surface area (Å²) in [6.07, 6.45) is 1.76. The van der Waals surface area contributed by atoms with Gasteiger partial charge in [-0.25, -0.2) is 14.4 Å². The molecule has 1 N–H and O–H groups in total. The fourth-order valence-corrected chi connectivity index (χ4v) is 4.79. The molecule has 6 nitrogen and oxygen atoms in total. The lowest BCUT2D eigenvalue weighted by Crippen LogP contribution is -2.34. The lowest BCUT2D eigenvalue weighted by atomic mass is 10.1. The van der Waals surface area contributed by atoms with E-state index in [9.17, 15) is 9.18 Å². The molecule has 35 heavy (non-hydrogen) atoms. The number of carbonyl (C=O) groups is 1. The lowest BCUT2D eigenvalue weighted by Gasteiger charge is -2.18. The molecule has 0 saturated heterocycles. The normalized spacial score (nSPS) is 11.3. The quantitative estimate of drug-likeness (QED) is 0.300. The van der Waals surface area contributed by atoms with E-state index in [-0.39, 0.29) is 11.7 Å². The molecule has 0 unspecified atom stereocenters. The van der Waals surface area contributed by atoms with Gasteiger partial charge in [-0.3, -0.25) is 9.36 Å². The van der Waals surface area contributed by atoms with Gasteiger partial charge in [0.05, 0.1) is 6.54 Å². The third kappa shape index (κ3) is 6.46. The van der Waals surface area contributed by atoms with Crippen LogP contribution in [0.1, 0.15) is 35.3 Å². The Morgan fingerprint density at radius 2 is 1.74 bits per heavy atom. The summed E-state index contributed by atoms with van der Waals surface area (Å²) in [6.45, 7) is 8.25. The molecule has 1 amide bonds. The first-order valence-corrected chi connectivity index (χ1v) is 12.8. The first-order valence-electron chi connectivity index (χ1n) is 11.8. The highest BCUT2D eigenvalue weighted by molar-refractivity contribution is 7.98. The maximum atomic E-state index is 13.2. The number of fused-ring (bicyclic) bond motifs is 1. The number of nitrogens with zero attached hydrogens (tertiary/aromatic N) is 4. The van der Waals surface area contributed by atoms with Gasteiger partial charge in [0.1, 0.15) is 11.3 Å². The van der Waals surface area contributed by atoms with Gasteiger partial charge in [-0.2, -0.15) is 0 Å². The molecule has 0 radical (unpaired) electrons. The summed E-state index contributed by atoms with van der Waals surface area (Å²) < 4.78 is 15.3. The summed E-state index contributed by atoms with van der Waals surface area (Å²) in [6, 6.07) is 18.0. The van der Waals surface area contributed by atoms with E-state index in [0.717, 1.165) is 47.1 Å². The fraction of sp³-hybridized carbons (Fsp3) is 0.296. The summed E-state index contributed by atoms with van der Waals surface area (Å²) in [7, 11) is 0. The zero-order valence-electron chi connectivity index (χ0n) is 20.1. The summed E-state index contributed by atoms with van der Waals surface area (Å²) in [5.74, 6) is 0.376. The molecule has 4 rings (SSSR count). The second kappa shape index (κ2) is 12.0. The number of carbonyl (C=O) groups excluding carboxylic acids is 1. The third-order valence-corrected chi connectivity index (χ3v) is 6.96. The number of benzene rings is 2. The van der Waals surface area contributed by atoms with Crippen molar-refractivity contribution in [2.24, 2.45) is 0 Å². The topological polar surface area (TPSA) is 63.1 Å². The van der Waals surface area contributed by atoms with Gasteiger partial charge in [-0.05, 0) is 60.6 Å². The summed E-state index contributed by atoms with van der Waals surface area (Å²) in [5, 5.41) is 3.85. The predicted molar refractivity (Wildman–Crippen MR) is 139 cm³/mol. The van der Waals surface area contributed by atoms with E-state index in [0.29, 0.717) is 24.4 Å². The fourth-order valence-electron chi connectivity index (χ4n) is 3.83. The van der Waals surface area contributed by atoms with Crippen LogP contribution < -0.4 is 5.32 Å². The Hall–Kier alpha value is -3.23. The molecule has 0 spiro atoms. The third-order valence-electron chi connectivity index (χ3n) is 5.91. The standard InChI is InChI=1S/C27H30FN5OS/c1-3-32(4-2)17-16-30-26(34)22-11-7-20(8-12-22)18-33-25-24(6-5-15-29-25)31-27(33)35-19-21-9-13-23(28)14-10-21/h5-15H,3-4,16-19H2,1-2H3,(H,30,34). The van der Waals surface area contributed by atoms with E-state index >= 15 is 0 Å². The molecule has 0 bridgehead atoms. The molecular weight excluding hydrogens is 461 g/mol. The van der Waals surface area contributed by atoms with Crippen molar-refractivity contribution < 1.29 is 9.18 Å². The second-order valence-corrected chi connectivity index (χ2v) is 9.16. The van der Waals surface area contributed by atoms with Gasteiger partial charge >= 0.3 is 0 Å². The largest absolute Gasteiger partial charge is 0.351 e. The van der Waals surface area contributed by atoms with Crippen molar-refractivity contribution in [3.05, 3.63) is 89.4 Å². The van der Waals surface area contributed by atoms with Gasteiger partial charge in [0, 0.05) is 30.6 Å². The van der Waals surface area contributed by atoms with Crippen molar-refractivity contribution >= 4 is 28.8 Å². The number of pyridine rings is 1. The van der Waals surface area contributed by atoms with Crippen LogP contribution in [0.15, 0.2) is 72.0 Å². The highest BCUT2D eigenvalue weighted by atomic mass is 32.2. The minimum Gasteiger partial charge on any atom is -0.351 e. The number of thioether (sulfide) groups is 1. The van der Waals surface area contributed by atoms with Crippen molar-refractivity contribution in [1.29, 1.82) is 0 Å². The Morgan fingerprint density at radius 1 is 1.03 bits per heavy atom. The molecule has 0 saturated carbocycles. The van der Waals surface area contributed by atoms with E-state index in [4.69, 9.17) is 4.98 Å². The lowest BCUT2D eigenvalue weighted by molar-refractivity contribution is 0.0949. The molecule has 2 heterocycles. The maximum absolute atomic E-state index is 13.2. The minimum absolute atomic E-state index is 0.0611. The van der Waals surface area contributed by atoms with Crippen molar-refractivity contribution in [3.8, 4) is 0 Å². The van der Waals surface area contributed by atoms with Gasteiger partial charge < -0.3 is 10.2 Å². The van der Waals surface area contributed by atoms with E-state index in [1.54, 1.807) is 30.1 Å². The number of hydrogen-bond donors (Lipinski definition) is 1. The van der Waals surface area contributed by atoms with Crippen molar-refractivity contribution in [3.63, 3.8) is 0 Å². The molecule has 0 atom stereocenters. The Labute approximate surface area is 209 Å². The average molecular weight is 492 g/mol. The second-order valence-electron chi connectivity index (χ2n) is 8.22. The van der Waals surface area contributed by atoms with Gasteiger partial charge in [0.25, 0.3) is 5.91 Å². The van der Waals surface area contributed by atoms with Crippen LogP contribution in [0.2, 0.25) is 0 Å². The molecule has 2 aromatic heterocycles. The molecule has 0 aliphatic carbocycles. The molecule has 0 fully saturated rings. The zero-order valence-corrected chi connectivity index (χ0v) is 20.9. The maximum Gasteiger partial charge on any atom is 0.251 e. The average Bonchev–Trinajstić information content (AvgIpc) is 3.24. The highest BCUT2D eigenvalue weighted by Crippen LogP contribution is 2.27. The monoisotopic (exact) mass is 491 g/mol. The number of halogens is 1. The van der Waals surface area contributed by atoms with Gasteiger partial charge in [0.15, 0.2) is 10.8 Å². The molecule has 0 aliphatic rings. The molecule has 4 aromatic rings. The van der Waals surface area contributed by atoms with Crippen LogP contribution >= 0.6 is 11.8 Å². The number of nitrogens with one attached hydrogen (secondary N) is 1. The van der Waals surface area contributed by atoms with Crippen LogP contribution in [-0.4, -0.2) is 51.5 Å². The van der Waals surface area contributed by atoms with Crippen molar-refractivity contribution in [2.75, 3.05) is 26.2 Å². The van der Waals surface area contributed by atoms with Crippen molar-refractivity contribution in [2.45, 2.75) is 31.3 Å². The van der Waals surface area contributed by atoms with Gasteiger partial charge in [0.2, 0.25) is 0 Å². The number of rotatable bonds is 11. The smallest absolute Gasteiger partial charge is 0.251 e. The van der Waals surface area contributed by atoms with Crippen LogP contribution in [0.25, 0.3) is 11.2 Å². The van der Waals surface area contributed by atoms with Gasteiger partial charge in [-0.15, -0.1) is 0 Å². The number of imidazole rings is 1. The van der Waals surface area contributed by atoms with Crippen LogP contribution in [-0.2, 0) is 12.3 Å². The van der Waals surface area contributed by atoms with E-state index < -0.39 is 0 Å². The first kappa shape index (κ1) is 24.9. The predicted octanol–water partition coefficient (Wildman–Crippen LogP) is 4.98. The molecule has 182 valence electrons. The number of likely N-dealkylation sites (N-methyl/N-ethyl adjacent to an activating group) is 1. The summed E-state index contributed by atoms with van der Waals surface area (Å²) in [4.78, 5) is 24.1. The Morgan fingerprint density at radius 3 is 2.46 bits per heavy atom. The molecule has 2 aromatic carbocycles. The van der Waals surface area contributed by atoms with Crippen molar-refractivity contribution in [1.82, 2.24) is 24.8 Å². The molecule has 8 heteroatoms. The highest BCUT2D eigenvalue weighted by Gasteiger charge is 2.14. The first-order chi connectivity index (χ1) is 17.1. The zero-order chi connectivity index (χ0) is 24.6. The van der Waals surface area contributed by atoms with Crippen LogP contribution in [0, 0.1) is 5.82 Å². The summed E-state index contributed by atoms with van der Waals surface area (Å²) in [5.41, 5.74) is 4.37. The van der Waals surface area contributed by atoms with Crippen LogP contribution in [0.3, 0.4) is 0 Å². The minimum atomic E-state index is -0.240. The summed E-state index contributed by atoms with van der Waals surface area (Å²) >= 11 is 1.60. The van der Waals surface area contributed by atoms with Crippen LogP contribution in [0.5, 0.6) is 0 Å². The van der Waals surface area contributed by atoms with Crippen LogP contribution in [0.4, 0.5) is 4.39 Å². The Kier molecular flexibility index (Phi) is 8.50. The van der Waals surface area contributed by atoms with E-state index in [1.165, 1.54) is 12.1 Å². The SMILES string of the molecule is CCN(CC)CCNC(=O)c1ccc(Cn2c(SCc3ccc(F)cc3)nc3cccnc32)cc1. The number of aromatic nitrogens is 3. The van der Waals surface area contributed by atoms with E-state index in [1.807, 2.05) is 36.4 Å². The Bertz CT molecular complexity index is 1250.